The van der Waals surface area contributed by atoms with Gasteiger partial charge in [0.05, 0.1) is 4.92 Å². The molecule has 124 valence electrons. The molecule has 0 fully saturated rings. The molecule has 0 amide bonds. The van der Waals surface area contributed by atoms with E-state index < -0.39 is 10.8 Å². The number of nitrogens with zero attached hydrogens (tertiary/aromatic N) is 1. The molecule has 1 heterocycles. The predicted octanol–water partition coefficient (Wildman–Crippen LogP) is 3.15. The molecule has 1 aliphatic carbocycles. The van der Waals surface area contributed by atoms with E-state index in [4.69, 9.17) is 0 Å². The molecule has 6 heteroatoms. The van der Waals surface area contributed by atoms with Crippen molar-refractivity contribution in [1.29, 1.82) is 0 Å². The number of hydrogen-bond acceptors (Lipinski definition) is 5. The average molecular weight is 326 g/mol. The number of non-ortho nitro benzene ring substituents is 1. The Labute approximate surface area is 139 Å². The fourth-order valence-electron chi connectivity index (χ4n) is 3.60. The van der Waals surface area contributed by atoms with Gasteiger partial charge in [-0.1, -0.05) is 12.1 Å². The third-order valence-electron chi connectivity index (χ3n) is 4.57. The van der Waals surface area contributed by atoms with E-state index in [9.17, 15) is 19.7 Å². The number of nitro groups is 1. The van der Waals surface area contributed by atoms with Crippen LogP contribution in [0.4, 0.5) is 5.69 Å². The number of allylic oxidation sites excluding steroid dienone is 4. The molecular formula is C18H18N2O4. The second kappa shape index (κ2) is 6.03. The third-order valence-corrected chi connectivity index (χ3v) is 4.57. The van der Waals surface area contributed by atoms with Gasteiger partial charge in [0.15, 0.2) is 11.6 Å². The van der Waals surface area contributed by atoms with Gasteiger partial charge in [-0.3, -0.25) is 19.7 Å². The number of nitro benzene ring substituents is 1. The first-order chi connectivity index (χ1) is 11.4. The molecule has 3 rings (SSSR count). The van der Waals surface area contributed by atoms with E-state index in [0.717, 1.165) is 18.5 Å². The van der Waals surface area contributed by atoms with Crippen LogP contribution in [-0.4, -0.2) is 16.5 Å². The molecule has 0 spiro atoms. The SMILES string of the molecule is CC(=O)C1=C(C)NC2=C(C(=O)CCC2)[C@@H]1c1cccc([N+](=O)[O-])c1. The minimum atomic E-state index is -0.536. The minimum Gasteiger partial charge on any atom is -0.362 e. The summed E-state index contributed by atoms with van der Waals surface area (Å²) in [6.45, 7) is 3.27. The van der Waals surface area contributed by atoms with Crippen LogP contribution in [0.25, 0.3) is 0 Å². The van der Waals surface area contributed by atoms with Crippen molar-refractivity contribution < 1.29 is 14.5 Å². The zero-order valence-electron chi connectivity index (χ0n) is 13.6. The lowest BCUT2D eigenvalue weighted by Gasteiger charge is -2.34. The van der Waals surface area contributed by atoms with Crippen molar-refractivity contribution in [2.45, 2.75) is 39.0 Å². The fraction of sp³-hybridized carbons (Fsp3) is 0.333. The van der Waals surface area contributed by atoms with Crippen molar-refractivity contribution in [3.8, 4) is 0 Å². The summed E-state index contributed by atoms with van der Waals surface area (Å²) in [5, 5.41) is 14.3. The summed E-state index contributed by atoms with van der Waals surface area (Å²) in [7, 11) is 0. The Morgan fingerprint density at radius 1 is 1.33 bits per heavy atom. The monoisotopic (exact) mass is 326 g/mol. The van der Waals surface area contributed by atoms with Crippen LogP contribution >= 0.6 is 0 Å². The molecule has 24 heavy (non-hydrogen) atoms. The fourth-order valence-corrected chi connectivity index (χ4v) is 3.60. The molecule has 2 aliphatic rings. The number of ketones is 2. The molecule has 1 atom stereocenters. The van der Waals surface area contributed by atoms with Gasteiger partial charge >= 0.3 is 0 Å². The highest BCUT2D eigenvalue weighted by molar-refractivity contribution is 6.05. The summed E-state index contributed by atoms with van der Waals surface area (Å²) in [5.74, 6) is -0.667. The topological polar surface area (TPSA) is 89.3 Å². The van der Waals surface area contributed by atoms with Crippen molar-refractivity contribution in [3.63, 3.8) is 0 Å². The van der Waals surface area contributed by atoms with Gasteiger partial charge in [0.1, 0.15) is 0 Å². The summed E-state index contributed by atoms with van der Waals surface area (Å²) in [4.78, 5) is 35.4. The van der Waals surface area contributed by atoms with E-state index in [1.165, 1.54) is 19.1 Å². The Morgan fingerprint density at radius 3 is 2.75 bits per heavy atom. The van der Waals surface area contributed by atoms with Gasteiger partial charge in [0, 0.05) is 47.0 Å². The van der Waals surface area contributed by atoms with Gasteiger partial charge in [-0.25, -0.2) is 0 Å². The first kappa shape index (κ1) is 16.1. The first-order valence-electron chi connectivity index (χ1n) is 7.89. The van der Waals surface area contributed by atoms with E-state index in [2.05, 4.69) is 5.32 Å². The molecule has 6 nitrogen and oxygen atoms in total. The normalized spacial score (nSPS) is 20.6. The van der Waals surface area contributed by atoms with Gasteiger partial charge in [0.25, 0.3) is 5.69 Å². The Morgan fingerprint density at radius 2 is 2.08 bits per heavy atom. The van der Waals surface area contributed by atoms with Gasteiger partial charge < -0.3 is 5.32 Å². The number of hydrogen-bond donors (Lipinski definition) is 1. The average Bonchev–Trinajstić information content (AvgIpc) is 2.53. The van der Waals surface area contributed by atoms with Crippen molar-refractivity contribution in [2.24, 2.45) is 0 Å². The lowest BCUT2D eigenvalue weighted by molar-refractivity contribution is -0.384. The second-order valence-corrected chi connectivity index (χ2v) is 6.17. The quantitative estimate of drug-likeness (QED) is 0.681. The lowest BCUT2D eigenvalue weighted by Crippen LogP contribution is -2.33. The summed E-state index contributed by atoms with van der Waals surface area (Å²) in [6, 6.07) is 6.20. The van der Waals surface area contributed by atoms with E-state index in [1.807, 2.05) is 6.92 Å². The molecular weight excluding hydrogens is 308 g/mol. The van der Waals surface area contributed by atoms with E-state index >= 15 is 0 Å². The lowest BCUT2D eigenvalue weighted by atomic mass is 9.74. The summed E-state index contributed by atoms with van der Waals surface area (Å²) in [5.41, 5.74) is 3.20. The standard InChI is InChI=1S/C18H18N2O4/c1-10-16(11(2)21)17(12-5-3-6-13(9-12)20(23)24)18-14(19-10)7-4-8-15(18)22/h3,5-6,9,17,19H,4,7-8H2,1-2H3/t17-/m1/s1. The second-order valence-electron chi connectivity index (χ2n) is 6.17. The van der Waals surface area contributed by atoms with Crippen LogP contribution in [0.3, 0.4) is 0 Å². The van der Waals surface area contributed by atoms with Crippen LogP contribution in [0.5, 0.6) is 0 Å². The van der Waals surface area contributed by atoms with Gasteiger partial charge in [0.2, 0.25) is 0 Å². The maximum Gasteiger partial charge on any atom is 0.269 e. The van der Waals surface area contributed by atoms with Crippen molar-refractivity contribution in [2.75, 3.05) is 0 Å². The predicted molar refractivity (Wildman–Crippen MR) is 88.2 cm³/mol. The van der Waals surface area contributed by atoms with Gasteiger partial charge in [-0.15, -0.1) is 0 Å². The highest BCUT2D eigenvalue weighted by atomic mass is 16.6. The Kier molecular flexibility index (Phi) is 4.05. The Bertz CT molecular complexity index is 820. The summed E-state index contributed by atoms with van der Waals surface area (Å²) in [6.07, 6.45) is 1.96. The Balaban J connectivity index is 2.21. The highest BCUT2D eigenvalue weighted by Gasteiger charge is 2.37. The summed E-state index contributed by atoms with van der Waals surface area (Å²) < 4.78 is 0. The smallest absolute Gasteiger partial charge is 0.269 e. The molecule has 0 bridgehead atoms. The largest absolute Gasteiger partial charge is 0.362 e. The maximum absolute atomic E-state index is 12.5. The molecule has 1 N–H and O–H groups in total. The van der Waals surface area contributed by atoms with Crippen molar-refractivity contribution >= 4 is 17.3 Å². The highest BCUT2D eigenvalue weighted by Crippen LogP contribution is 2.42. The number of rotatable bonds is 3. The minimum absolute atomic E-state index is 0.00602. The number of benzene rings is 1. The molecule has 1 aromatic carbocycles. The maximum atomic E-state index is 12.5. The first-order valence-corrected chi connectivity index (χ1v) is 7.89. The number of carbonyl (C=O) groups is 2. The van der Waals surface area contributed by atoms with E-state index in [-0.39, 0.29) is 17.3 Å². The van der Waals surface area contributed by atoms with Crippen molar-refractivity contribution in [1.82, 2.24) is 5.32 Å². The molecule has 1 aliphatic heterocycles. The van der Waals surface area contributed by atoms with Crippen LogP contribution < -0.4 is 5.32 Å². The van der Waals surface area contributed by atoms with E-state index in [1.54, 1.807) is 12.1 Å². The number of nitrogens with one attached hydrogen (secondary N) is 1. The van der Waals surface area contributed by atoms with Crippen LogP contribution in [0.15, 0.2) is 46.8 Å². The molecule has 0 saturated heterocycles. The number of dihydropyridines is 1. The molecule has 0 unspecified atom stereocenters. The van der Waals surface area contributed by atoms with Crippen LogP contribution in [0, 0.1) is 10.1 Å². The van der Waals surface area contributed by atoms with Crippen molar-refractivity contribution in [3.05, 3.63) is 62.5 Å². The van der Waals surface area contributed by atoms with Gasteiger partial charge in [-0.2, -0.15) is 0 Å². The van der Waals surface area contributed by atoms with E-state index in [0.29, 0.717) is 28.8 Å². The number of Topliss-reactive ketones (excluding diaryl/α,β-unsaturated/α-hetero) is 2. The zero-order valence-corrected chi connectivity index (χ0v) is 13.6. The van der Waals surface area contributed by atoms with Crippen LogP contribution in [0.1, 0.15) is 44.6 Å². The third kappa shape index (κ3) is 2.64. The van der Waals surface area contributed by atoms with Crippen LogP contribution in [-0.2, 0) is 9.59 Å². The van der Waals surface area contributed by atoms with Crippen LogP contribution in [0.2, 0.25) is 0 Å². The zero-order chi connectivity index (χ0) is 17.4. The molecule has 1 aromatic rings. The molecule has 0 aromatic heterocycles. The van der Waals surface area contributed by atoms with Gasteiger partial charge in [-0.05, 0) is 32.3 Å². The Hall–Kier alpha value is -2.76. The number of carbonyl (C=O) groups excluding carboxylic acids is 2. The summed E-state index contributed by atoms with van der Waals surface area (Å²) >= 11 is 0. The molecule has 0 saturated carbocycles. The molecule has 0 radical (unpaired) electrons.